The Kier molecular flexibility index (Phi) is 8.64. The summed E-state index contributed by atoms with van der Waals surface area (Å²) >= 11 is 0. The van der Waals surface area contributed by atoms with Crippen LogP contribution in [-0.4, -0.2) is 58.7 Å². The van der Waals surface area contributed by atoms with E-state index in [1.807, 2.05) is 32.0 Å². The number of hydrogen-bond acceptors (Lipinski definition) is 4. The number of fused-ring (bicyclic) bond motifs is 1. The topological polar surface area (TPSA) is 98.8 Å². The molecule has 36 heavy (non-hydrogen) atoms. The Labute approximate surface area is 214 Å². The summed E-state index contributed by atoms with van der Waals surface area (Å²) in [6.45, 7) is 4.16. The maximum absolute atomic E-state index is 13.4. The summed E-state index contributed by atoms with van der Waals surface area (Å²) in [6, 6.07) is 5.52. The number of nitrogens with zero attached hydrogens (tertiary/aromatic N) is 2. The van der Waals surface area contributed by atoms with E-state index in [4.69, 9.17) is 0 Å². The molecule has 4 rings (SSSR count). The minimum atomic E-state index is -0.380. The summed E-state index contributed by atoms with van der Waals surface area (Å²) in [4.78, 5) is 54.8. The van der Waals surface area contributed by atoms with Crippen LogP contribution in [0.4, 0.5) is 10.5 Å². The van der Waals surface area contributed by atoms with Crippen LogP contribution >= 0.6 is 0 Å². The van der Waals surface area contributed by atoms with Gasteiger partial charge in [0.2, 0.25) is 17.7 Å². The molecule has 3 fully saturated rings. The third-order valence-corrected chi connectivity index (χ3v) is 7.92. The maximum Gasteiger partial charge on any atom is 0.327 e. The van der Waals surface area contributed by atoms with Crippen LogP contribution in [0.2, 0.25) is 0 Å². The van der Waals surface area contributed by atoms with Crippen LogP contribution in [0.25, 0.3) is 0 Å². The highest BCUT2D eigenvalue weighted by molar-refractivity contribution is 6.01. The van der Waals surface area contributed by atoms with Crippen molar-refractivity contribution >= 4 is 29.4 Å². The lowest BCUT2D eigenvalue weighted by Crippen LogP contribution is -2.63. The van der Waals surface area contributed by atoms with Gasteiger partial charge in [0.05, 0.1) is 5.92 Å². The van der Waals surface area contributed by atoms with Crippen LogP contribution in [0.1, 0.15) is 81.8 Å². The average molecular weight is 497 g/mol. The number of amides is 5. The molecule has 1 aromatic rings. The summed E-state index contributed by atoms with van der Waals surface area (Å²) in [5.41, 5.74) is 2.82. The standard InChI is InChI=1S/C28H40N4O4/c1-19-14-15-23(20(2)17-19)30-26(34)18-32-24-12-6-5-11-22(24)27(35)31(28(32)36)16-8-7-13-25(33)29-21-9-3-4-10-21/h14-15,17,21-22,24H,3-13,16,18H2,1-2H3,(H,29,33)(H,30,34). The van der Waals surface area contributed by atoms with Gasteiger partial charge in [0, 0.05) is 30.7 Å². The minimum Gasteiger partial charge on any atom is -0.353 e. The van der Waals surface area contributed by atoms with E-state index in [9.17, 15) is 19.2 Å². The predicted octanol–water partition coefficient (Wildman–Crippen LogP) is 4.29. The molecule has 8 heteroatoms. The van der Waals surface area contributed by atoms with Gasteiger partial charge in [0.25, 0.3) is 0 Å². The summed E-state index contributed by atoms with van der Waals surface area (Å²) in [7, 11) is 0. The molecular weight excluding hydrogens is 456 g/mol. The van der Waals surface area contributed by atoms with Crippen LogP contribution in [0.15, 0.2) is 18.2 Å². The van der Waals surface area contributed by atoms with Gasteiger partial charge < -0.3 is 15.5 Å². The van der Waals surface area contributed by atoms with Crippen LogP contribution in [0, 0.1) is 19.8 Å². The highest BCUT2D eigenvalue weighted by atomic mass is 16.2. The second-order valence-corrected chi connectivity index (χ2v) is 10.7. The van der Waals surface area contributed by atoms with Gasteiger partial charge in [0.15, 0.2) is 0 Å². The first kappa shape index (κ1) is 26.2. The normalized spacial score (nSPS) is 22.5. The van der Waals surface area contributed by atoms with Gasteiger partial charge >= 0.3 is 6.03 Å². The number of anilines is 1. The summed E-state index contributed by atoms with van der Waals surface area (Å²) in [6.07, 6.45) is 9.45. The molecule has 1 heterocycles. The average Bonchev–Trinajstić information content (AvgIpc) is 3.36. The number of aryl methyl sites for hydroxylation is 2. The number of nitrogens with one attached hydrogen (secondary N) is 2. The van der Waals surface area contributed by atoms with E-state index >= 15 is 0 Å². The number of carbonyl (C=O) groups is 4. The molecule has 2 saturated carbocycles. The number of unbranched alkanes of at least 4 members (excludes halogenated alkanes) is 1. The first-order chi connectivity index (χ1) is 17.3. The predicted molar refractivity (Wildman–Crippen MR) is 138 cm³/mol. The zero-order valence-corrected chi connectivity index (χ0v) is 21.7. The van der Waals surface area contributed by atoms with Gasteiger partial charge in [-0.05, 0) is 64.0 Å². The zero-order chi connectivity index (χ0) is 25.7. The lowest BCUT2D eigenvalue weighted by Gasteiger charge is -2.46. The molecule has 2 aliphatic carbocycles. The van der Waals surface area contributed by atoms with Crippen molar-refractivity contribution in [3.05, 3.63) is 29.3 Å². The lowest BCUT2D eigenvalue weighted by atomic mass is 9.81. The SMILES string of the molecule is Cc1ccc(NC(=O)CN2C(=O)N(CCCCC(=O)NC3CCCC3)C(=O)C3CCCCC32)c(C)c1. The molecular formula is C28H40N4O4. The Hall–Kier alpha value is -2.90. The van der Waals surface area contributed by atoms with Crippen LogP contribution in [0.3, 0.4) is 0 Å². The van der Waals surface area contributed by atoms with Crippen molar-refractivity contribution in [1.29, 1.82) is 0 Å². The monoisotopic (exact) mass is 496 g/mol. The molecule has 0 aromatic heterocycles. The largest absolute Gasteiger partial charge is 0.353 e. The number of rotatable bonds is 9. The number of carbonyl (C=O) groups excluding carboxylic acids is 4. The Morgan fingerprint density at radius 3 is 2.42 bits per heavy atom. The second-order valence-electron chi connectivity index (χ2n) is 10.7. The lowest BCUT2D eigenvalue weighted by molar-refractivity contribution is -0.141. The fraction of sp³-hybridized carbons (Fsp3) is 0.643. The summed E-state index contributed by atoms with van der Waals surface area (Å²) < 4.78 is 0. The highest BCUT2D eigenvalue weighted by Gasteiger charge is 2.47. The fourth-order valence-corrected chi connectivity index (χ4v) is 5.98. The van der Waals surface area contributed by atoms with Crippen LogP contribution in [0.5, 0.6) is 0 Å². The fourth-order valence-electron chi connectivity index (χ4n) is 5.98. The quantitative estimate of drug-likeness (QED) is 0.498. The Morgan fingerprint density at radius 1 is 0.944 bits per heavy atom. The van der Waals surface area contributed by atoms with Gasteiger partial charge in [-0.2, -0.15) is 0 Å². The second kappa shape index (κ2) is 11.9. The summed E-state index contributed by atoms with van der Waals surface area (Å²) in [5, 5.41) is 6.03. The first-order valence-electron chi connectivity index (χ1n) is 13.6. The molecule has 0 spiro atoms. The van der Waals surface area contributed by atoms with Crippen molar-refractivity contribution in [3.8, 4) is 0 Å². The molecule has 3 aliphatic rings. The number of hydrogen-bond donors (Lipinski definition) is 2. The van der Waals surface area contributed by atoms with E-state index in [1.54, 1.807) is 4.90 Å². The van der Waals surface area contributed by atoms with Gasteiger partial charge in [0.1, 0.15) is 6.54 Å². The molecule has 8 nitrogen and oxygen atoms in total. The van der Waals surface area contributed by atoms with Gasteiger partial charge in [-0.3, -0.25) is 19.3 Å². The molecule has 1 aliphatic heterocycles. The van der Waals surface area contributed by atoms with E-state index in [-0.39, 0.29) is 48.8 Å². The first-order valence-corrected chi connectivity index (χ1v) is 13.6. The maximum atomic E-state index is 13.4. The smallest absolute Gasteiger partial charge is 0.327 e. The van der Waals surface area contributed by atoms with Crippen LogP contribution in [-0.2, 0) is 14.4 Å². The molecule has 196 valence electrons. The minimum absolute atomic E-state index is 0.0511. The van der Waals surface area contributed by atoms with Gasteiger partial charge in [-0.1, -0.05) is 43.4 Å². The van der Waals surface area contributed by atoms with E-state index in [0.717, 1.165) is 55.3 Å². The third kappa shape index (κ3) is 6.26. The highest BCUT2D eigenvalue weighted by Crippen LogP contribution is 2.34. The van der Waals surface area contributed by atoms with Crippen molar-refractivity contribution in [3.63, 3.8) is 0 Å². The molecule has 1 aromatic carbocycles. The van der Waals surface area contributed by atoms with E-state index in [0.29, 0.717) is 25.3 Å². The Morgan fingerprint density at radius 2 is 1.67 bits per heavy atom. The van der Waals surface area contributed by atoms with Crippen LogP contribution < -0.4 is 10.6 Å². The van der Waals surface area contributed by atoms with Crippen molar-refractivity contribution in [2.75, 3.05) is 18.4 Å². The molecule has 0 bridgehead atoms. The molecule has 1 saturated heterocycles. The van der Waals surface area contributed by atoms with Crippen molar-refractivity contribution < 1.29 is 19.2 Å². The zero-order valence-electron chi connectivity index (χ0n) is 21.7. The molecule has 2 atom stereocenters. The van der Waals surface area contributed by atoms with Gasteiger partial charge in [-0.15, -0.1) is 0 Å². The van der Waals surface area contributed by atoms with E-state index in [1.165, 1.54) is 17.7 Å². The number of urea groups is 1. The number of benzene rings is 1. The van der Waals surface area contributed by atoms with Crippen molar-refractivity contribution in [1.82, 2.24) is 15.1 Å². The summed E-state index contributed by atoms with van der Waals surface area (Å²) in [5.74, 6) is -0.574. The van der Waals surface area contributed by atoms with Crippen molar-refractivity contribution in [2.45, 2.75) is 96.6 Å². The Bertz CT molecular complexity index is 988. The van der Waals surface area contributed by atoms with Crippen molar-refractivity contribution in [2.24, 2.45) is 5.92 Å². The van der Waals surface area contributed by atoms with E-state index < -0.39 is 0 Å². The Balaban J connectivity index is 1.35. The molecule has 2 unspecified atom stereocenters. The molecule has 0 radical (unpaired) electrons. The molecule has 5 amide bonds. The van der Waals surface area contributed by atoms with E-state index in [2.05, 4.69) is 10.6 Å². The van der Waals surface area contributed by atoms with Gasteiger partial charge in [-0.25, -0.2) is 4.79 Å². The number of imide groups is 1. The molecule has 2 N–H and O–H groups in total. The third-order valence-electron chi connectivity index (χ3n) is 7.92.